The number of aromatic amines is 1. The van der Waals surface area contributed by atoms with Gasteiger partial charge in [-0.15, -0.1) is 12.4 Å². The quantitative estimate of drug-likeness (QED) is 0.388. The molecule has 2 heterocycles. The van der Waals surface area contributed by atoms with E-state index in [1.54, 1.807) is 28.8 Å². The zero-order chi connectivity index (χ0) is 20.3. The number of aryl methyl sites for hydroxylation is 2. The Labute approximate surface area is 180 Å². The van der Waals surface area contributed by atoms with Gasteiger partial charge in [-0.1, -0.05) is 23.4 Å². The minimum atomic E-state index is -0.556. The van der Waals surface area contributed by atoms with Gasteiger partial charge >= 0.3 is 5.69 Å². The van der Waals surface area contributed by atoms with Crippen LogP contribution in [0.4, 0.5) is 0 Å². The Hall–Kier alpha value is -2.43. The molecule has 9 nitrogen and oxygen atoms in total. The van der Waals surface area contributed by atoms with Crippen molar-refractivity contribution in [3.8, 4) is 5.75 Å². The Balaban J connectivity index is 0.00000300. The van der Waals surface area contributed by atoms with Crippen molar-refractivity contribution in [3.63, 3.8) is 0 Å². The van der Waals surface area contributed by atoms with Crippen molar-refractivity contribution in [1.82, 2.24) is 19.1 Å². The molecule has 0 saturated carbocycles. The summed E-state index contributed by atoms with van der Waals surface area (Å²) in [5, 5.41) is 1.06. The Kier molecular flexibility index (Phi) is 7.77. The Morgan fingerprint density at radius 1 is 1.31 bits per heavy atom. The second-order valence-corrected chi connectivity index (χ2v) is 7.33. The van der Waals surface area contributed by atoms with Crippen LogP contribution >= 0.6 is 35.8 Å². The first-order valence-corrected chi connectivity index (χ1v) is 9.72. The highest BCUT2D eigenvalue weighted by molar-refractivity contribution is 7.99. The summed E-state index contributed by atoms with van der Waals surface area (Å²) in [6, 6.07) is 7.00. The summed E-state index contributed by atoms with van der Waals surface area (Å²) in [6.07, 6.45) is 0.570. The number of aromatic nitrogens is 4. The Morgan fingerprint density at radius 3 is 2.66 bits per heavy atom. The van der Waals surface area contributed by atoms with Gasteiger partial charge in [-0.25, -0.2) is 9.78 Å². The van der Waals surface area contributed by atoms with Crippen LogP contribution in [0.2, 0.25) is 5.02 Å². The lowest BCUT2D eigenvalue weighted by Gasteiger charge is -2.09. The molecule has 0 spiro atoms. The summed E-state index contributed by atoms with van der Waals surface area (Å²) < 4.78 is 8.60. The predicted molar refractivity (Wildman–Crippen MR) is 114 cm³/mol. The molecule has 156 valence electrons. The number of imidazole rings is 1. The van der Waals surface area contributed by atoms with Crippen molar-refractivity contribution < 1.29 is 9.53 Å². The van der Waals surface area contributed by atoms with Crippen molar-refractivity contribution in [2.24, 2.45) is 12.8 Å². The number of carbonyl (C=O) groups is 1. The maximum absolute atomic E-state index is 12.3. The van der Waals surface area contributed by atoms with E-state index in [1.807, 2.05) is 0 Å². The SMILES string of the molecule is Cl.Cn1c(=O)[nH]c(=O)c2c1nc(SCC(N)=O)n2CCCOc1ccc(Cl)cc1. The zero-order valence-corrected chi connectivity index (χ0v) is 17.8. The third-order valence-electron chi connectivity index (χ3n) is 3.92. The number of hydrogen-bond donors (Lipinski definition) is 2. The van der Waals surface area contributed by atoms with E-state index in [1.165, 1.54) is 11.6 Å². The number of hydrogen-bond acceptors (Lipinski definition) is 6. The van der Waals surface area contributed by atoms with Crippen molar-refractivity contribution in [2.45, 2.75) is 18.1 Å². The van der Waals surface area contributed by atoms with Crippen LogP contribution in [0.1, 0.15) is 6.42 Å². The normalized spacial score (nSPS) is 10.7. The lowest BCUT2D eigenvalue weighted by Crippen LogP contribution is -2.29. The second-order valence-electron chi connectivity index (χ2n) is 5.95. The number of benzene rings is 1. The standard InChI is InChI=1S/C17H18ClN5O4S.ClH/c1-22-14-13(15(25)21-16(22)26)23(17(20-14)28-9-12(19)24)7-2-8-27-11-5-3-10(18)4-6-11;/h3-6H,2,7-9H2,1H3,(H2,19,24)(H,21,25,26);1H. The van der Waals surface area contributed by atoms with Crippen LogP contribution in [0.3, 0.4) is 0 Å². The van der Waals surface area contributed by atoms with E-state index >= 15 is 0 Å². The molecular weight excluding hydrogens is 441 g/mol. The average Bonchev–Trinajstić information content (AvgIpc) is 3.02. The van der Waals surface area contributed by atoms with Crippen molar-refractivity contribution in [1.29, 1.82) is 0 Å². The molecule has 29 heavy (non-hydrogen) atoms. The molecule has 3 rings (SSSR count). The molecule has 0 radical (unpaired) electrons. The number of nitrogens with two attached hydrogens (primary N) is 1. The van der Waals surface area contributed by atoms with Gasteiger partial charge in [0.15, 0.2) is 16.3 Å². The van der Waals surface area contributed by atoms with Gasteiger partial charge in [-0.2, -0.15) is 0 Å². The van der Waals surface area contributed by atoms with Gasteiger partial charge in [-0.3, -0.25) is 19.1 Å². The number of carbonyl (C=O) groups excluding carboxylic acids is 1. The summed E-state index contributed by atoms with van der Waals surface area (Å²) in [6.45, 7) is 0.803. The number of H-pyrrole nitrogens is 1. The van der Waals surface area contributed by atoms with E-state index in [-0.39, 0.29) is 29.3 Å². The van der Waals surface area contributed by atoms with Gasteiger partial charge in [0, 0.05) is 18.6 Å². The molecule has 0 saturated heterocycles. The minimum absolute atomic E-state index is 0. The predicted octanol–water partition coefficient (Wildman–Crippen LogP) is 1.54. The van der Waals surface area contributed by atoms with Gasteiger partial charge in [0.2, 0.25) is 5.91 Å². The number of fused-ring (bicyclic) bond motifs is 1. The number of ether oxygens (including phenoxy) is 1. The zero-order valence-electron chi connectivity index (χ0n) is 15.4. The van der Waals surface area contributed by atoms with Crippen LogP contribution in [0.15, 0.2) is 39.0 Å². The first-order chi connectivity index (χ1) is 13.4. The highest BCUT2D eigenvalue weighted by Crippen LogP contribution is 2.22. The third-order valence-corrected chi connectivity index (χ3v) is 5.17. The molecule has 3 aromatic rings. The summed E-state index contributed by atoms with van der Waals surface area (Å²) in [5.74, 6) is 0.192. The van der Waals surface area contributed by atoms with Gasteiger partial charge in [0.1, 0.15) is 5.75 Å². The van der Waals surface area contributed by atoms with E-state index in [9.17, 15) is 14.4 Å². The van der Waals surface area contributed by atoms with Crippen LogP contribution in [0.5, 0.6) is 5.75 Å². The van der Waals surface area contributed by atoms with E-state index in [0.717, 1.165) is 11.8 Å². The lowest BCUT2D eigenvalue weighted by molar-refractivity contribution is -0.115. The number of nitrogens with zero attached hydrogens (tertiary/aromatic N) is 3. The van der Waals surface area contributed by atoms with Gasteiger partial charge in [0.05, 0.1) is 12.4 Å². The van der Waals surface area contributed by atoms with E-state index in [4.69, 9.17) is 22.1 Å². The first kappa shape index (κ1) is 22.9. The molecule has 0 bridgehead atoms. The summed E-state index contributed by atoms with van der Waals surface area (Å²) in [7, 11) is 1.52. The van der Waals surface area contributed by atoms with Crippen molar-refractivity contribution in [2.75, 3.05) is 12.4 Å². The molecule has 0 aliphatic carbocycles. The monoisotopic (exact) mass is 459 g/mol. The van der Waals surface area contributed by atoms with Crippen LogP contribution in [-0.2, 0) is 18.4 Å². The summed E-state index contributed by atoms with van der Waals surface area (Å²) in [4.78, 5) is 41.9. The molecule has 12 heteroatoms. The van der Waals surface area contributed by atoms with Gasteiger partial charge in [-0.05, 0) is 30.7 Å². The summed E-state index contributed by atoms with van der Waals surface area (Å²) in [5.41, 5.74) is 4.64. The summed E-state index contributed by atoms with van der Waals surface area (Å²) >= 11 is 6.96. The molecule has 2 aromatic heterocycles. The van der Waals surface area contributed by atoms with Gasteiger partial charge < -0.3 is 15.0 Å². The molecule has 0 fully saturated rings. The Bertz CT molecular complexity index is 1120. The molecule has 0 aliphatic rings. The number of halogens is 2. The van der Waals surface area contributed by atoms with E-state index in [2.05, 4.69) is 9.97 Å². The van der Waals surface area contributed by atoms with Crippen molar-refractivity contribution in [3.05, 3.63) is 50.1 Å². The highest BCUT2D eigenvalue weighted by atomic mass is 35.5. The lowest BCUT2D eigenvalue weighted by atomic mass is 10.3. The maximum atomic E-state index is 12.3. The molecular formula is C17H19Cl2N5O4S. The fourth-order valence-electron chi connectivity index (χ4n) is 2.61. The molecule has 0 unspecified atom stereocenters. The average molecular weight is 460 g/mol. The van der Waals surface area contributed by atoms with E-state index in [0.29, 0.717) is 35.5 Å². The van der Waals surface area contributed by atoms with Crippen LogP contribution in [0.25, 0.3) is 11.2 Å². The number of amides is 1. The smallest absolute Gasteiger partial charge is 0.329 e. The first-order valence-electron chi connectivity index (χ1n) is 8.36. The maximum Gasteiger partial charge on any atom is 0.329 e. The van der Waals surface area contributed by atoms with Crippen LogP contribution in [0, 0.1) is 0 Å². The van der Waals surface area contributed by atoms with Crippen LogP contribution in [-0.4, -0.2) is 37.4 Å². The number of thioether (sulfide) groups is 1. The number of nitrogens with one attached hydrogen (secondary N) is 1. The van der Waals surface area contributed by atoms with Gasteiger partial charge in [0.25, 0.3) is 5.56 Å². The topological polar surface area (TPSA) is 125 Å². The highest BCUT2D eigenvalue weighted by Gasteiger charge is 2.18. The number of rotatable bonds is 8. The number of primary amides is 1. The second kappa shape index (κ2) is 9.86. The fourth-order valence-corrected chi connectivity index (χ4v) is 3.50. The molecule has 0 atom stereocenters. The molecule has 1 aromatic carbocycles. The Morgan fingerprint density at radius 2 is 2.00 bits per heavy atom. The minimum Gasteiger partial charge on any atom is -0.494 e. The third kappa shape index (κ3) is 5.34. The molecule has 0 aliphatic heterocycles. The largest absolute Gasteiger partial charge is 0.494 e. The van der Waals surface area contributed by atoms with E-state index < -0.39 is 17.2 Å². The fraction of sp³-hybridized carbons (Fsp3) is 0.294. The molecule has 3 N–H and O–H groups in total. The van der Waals surface area contributed by atoms with Crippen LogP contribution < -0.4 is 21.7 Å². The molecule has 1 amide bonds. The van der Waals surface area contributed by atoms with Crippen molar-refractivity contribution >= 4 is 52.8 Å².